The van der Waals surface area contributed by atoms with Crippen LogP contribution >= 0.6 is 0 Å². The minimum atomic E-state index is -0.296. The van der Waals surface area contributed by atoms with E-state index < -0.39 is 0 Å². The lowest BCUT2D eigenvalue weighted by Gasteiger charge is -2.26. The number of nitriles is 1. The Morgan fingerprint density at radius 3 is 1.18 bits per heavy atom. The smallest absolute Gasteiger partial charge is 0.212 e. The van der Waals surface area contributed by atoms with Crippen molar-refractivity contribution in [2.45, 2.75) is 38.5 Å². The van der Waals surface area contributed by atoms with Crippen molar-refractivity contribution in [1.29, 1.82) is 5.26 Å². The number of rotatable bonds is 8. The zero-order valence-corrected chi connectivity index (χ0v) is 44.8. The fourth-order valence-corrected chi connectivity index (χ4v) is 13.6. The van der Waals surface area contributed by atoms with Crippen LogP contribution in [0.15, 0.2) is 243 Å². The van der Waals surface area contributed by atoms with Crippen molar-refractivity contribution >= 4 is 83.4 Å². The maximum atomic E-state index is 11.8. The van der Waals surface area contributed by atoms with Gasteiger partial charge < -0.3 is 18.9 Å². The lowest BCUT2D eigenvalue weighted by Crippen LogP contribution is -2.15. The van der Waals surface area contributed by atoms with Crippen molar-refractivity contribution in [3.63, 3.8) is 0 Å². The van der Waals surface area contributed by atoms with Gasteiger partial charge in [0.25, 0.3) is 0 Å². The second kappa shape index (κ2) is 17.6. The van der Waals surface area contributed by atoms with Gasteiger partial charge in [-0.2, -0.15) is 5.26 Å². The van der Waals surface area contributed by atoms with Crippen LogP contribution in [-0.4, -0.2) is 9.13 Å². The van der Waals surface area contributed by atoms with E-state index in [2.05, 4.69) is 288 Å². The summed E-state index contributed by atoms with van der Waals surface area (Å²) in [4.78, 5) is 9.12. The Balaban J connectivity index is 1.03. The van der Waals surface area contributed by atoms with Crippen molar-refractivity contribution in [1.82, 2.24) is 9.13 Å². The van der Waals surface area contributed by atoms with Crippen LogP contribution in [0.1, 0.15) is 55.5 Å². The number of anilines is 6. The second-order valence-corrected chi connectivity index (χ2v) is 22.3. The highest BCUT2D eigenvalue weighted by Crippen LogP contribution is 2.55. The molecule has 0 saturated carbocycles. The molecular weight excluding hydrogens is 973 g/mol. The molecule has 2 aromatic heterocycles. The van der Waals surface area contributed by atoms with E-state index in [-0.39, 0.29) is 10.8 Å². The molecule has 378 valence electrons. The van der Waals surface area contributed by atoms with Gasteiger partial charge in [-0.25, -0.2) is 4.85 Å². The molecular formula is C74H52N6. The van der Waals surface area contributed by atoms with E-state index in [4.69, 9.17) is 0 Å². The Bertz CT molecular complexity index is 4400. The van der Waals surface area contributed by atoms with Crippen LogP contribution in [0.5, 0.6) is 0 Å². The average molecular weight is 1030 g/mol. The molecule has 0 N–H and O–H groups in total. The molecule has 11 aromatic carbocycles. The number of para-hydroxylation sites is 4. The first-order valence-electron chi connectivity index (χ1n) is 27.4. The molecule has 0 fully saturated rings. The summed E-state index contributed by atoms with van der Waals surface area (Å²) in [5.41, 5.74) is 21.4. The predicted octanol–water partition coefficient (Wildman–Crippen LogP) is 19.9. The molecule has 0 unspecified atom stereocenters. The summed E-state index contributed by atoms with van der Waals surface area (Å²) in [6.07, 6.45) is 0. The summed E-state index contributed by atoms with van der Waals surface area (Å²) < 4.78 is 4.51. The number of aromatic nitrogens is 2. The fourth-order valence-electron chi connectivity index (χ4n) is 13.6. The molecule has 80 heavy (non-hydrogen) atoms. The maximum absolute atomic E-state index is 11.8. The van der Waals surface area contributed by atoms with E-state index >= 15 is 0 Å². The van der Waals surface area contributed by atoms with Crippen molar-refractivity contribution in [2.75, 3.05) is 9.80 Å². The molecule has 0 spiro atoms. The van der Waals surface area contributed by atoms with Crippen LogP contribution in [0.2, 0.25) is 0 Å². The van der Waals surface area contributed by atoms with Gasteiger partial charge in [-0.3, -0.25) is 0 Å². The van der Waals surface area contributed by atoms with Crippen molar-refractivity contribution in [3.8, 4) is 39.7 Å². The molecule has 0 saturated heterocycles. The van der Waals surface area contributed by atoms with Gasteiger partial charge in [0.2, 0.25) is 5.69 Å². The minimum Gasteiger partial charge on any atom is -0.319 e. The first kappa shape index (κ1) is 46.9. The monoisotopic (exact) mass is 1020 g/mol. The summed E-state index contributed by atoms with van der Waals surface area (Å²) in [6.45, 7) is 18.4. The molecule has 15 rings (SSSR count). The highest BCUT2D eigenvalue weighted by Gasteiger charge is 2.39. The Labute approximate surface area is 465 Å². The van der Waals surface area contributed by atoms with E-state index in [0.717, 1.165) is 77.7 Å². The summed E-state index contributed by atoms with van der Waals surface area (Å²) in [6, 6.07) is 88.8. The van der Waals surface area contributed by atoms with Gasteiger partial charge in [-0.1, -0.05) is 161 Å². The summed E-state index contributed by atoms with van der Waals surface area (Å²) in [5, 5.41) is 16.0. The van der Waals surface area contributed by atoms with Crippen molar-refractivity contribution in [3.05, 3.63) is 282 Å². The average Bonchev–Trinajstić information content (AvgIpc) is 4.25. The predicted molar refractivity (Wildman–Crippen MR) is 331 cm³/mol. The summed E-state index contributed by atoms with van der Waals surface area (Å²) in [5.74, 6) is 0. The molecule has 0 aliphatic heterocycles. The van der Waals surface area contributed by atoms with Crippen LogP contribution in [-0.2, 0) is 10.8 Å². The van der Waals surface area contributed by atoms with Gasteiger partial charge in [0.1, 0.15) is 6.07 Å². The molecule has 2 aliphatic rings. The van der Waals surface area contributed by atoms with E-state index in [1.165, 1.54) is 44.5 Å². The van der Waals surface area contributed by atoms with E-state index in [1.54, 1.807) is 0 Å². The molecule has 2 heterocycles. The fraction of sp³-hybridized carbons (Fsp3) is 0.0811. The molecule has 0 bridgehead atoms. The van der Waals surface area contributed by atoms with E-state index in [1.807, 2.05) is 12.1 Å². The molecule has 2 aliphatic carbocycles. The first-order valence-corrected chi connectivity index (χ1v) is 27.4. The normalized spacial score (nSPS) is 13.4. The third kappa shape index (κ3) is 6.70. The third-order valence-electron chi connectivity index (χ3n) is 17.3. The molecule has 0 amide bonds. The highest BCUT2D eigenvalue weighted by atomic mass is 15.2. The Morgan fingerprint density at radius 1 is 0.388 bits per heavy atom. The van der Waals surface area contributed by atoms with E-state index in [0.29, 0.717) is 22.6 Å². The van der Waals surface area contributed by atoms with Gasteiger partial charge in [0.05, 0.1) is 57.0 Å². The van der Waals surface area contributed by atoms with Crippen molar-refractivity contribution < 1.29 is 0 Å². The first-order chi connectivity index (χ1) is 39.1. The summed E-state index contributed by atoms with van der Waals surface area (Å²) >= 11 is 0. The quantitative estimate of drug-likeness (QED) is 0.143. The topological polar surface area (TPSA) is 44.5 Å². The Hall–Kier alpha value is -10.4. The lowest BCUT2D eigenvalue weighted by molar-refractivity contribution is 0.661. The highest BCUT2D eigenvalue weighted by molar-refractivity contribution is 6.20. The van der Waals surface area contributed by atoms with Gasteiger partial charge in [0.15, 0.2) is 0 Å². The summed E-state index contributed by atoms with van der Waals surface area (Å²) in [7, 11) is 0. The van der Waals surface area contributed by atoms with Crippen LogP contribution in [0.4, 0.5) is 39.8 Å². The number of nitrogens with zero attached hydrogens (tertiary/aromatic N) is 6. The number of hydrogen-bond donors (Lipinski definition) is 0. The minimum absolute atomic E-state index is 0.295. The molecule has 0 atom stereocenters. The van der Waals surface area contributed by atoms with E-state index in [9.17, 15) is 11.8 Å². The second-order valence-electron chi connectivity index (χ2n) is 22.3. The van der Waals surface area contributed by atoms with Crippen LogP contribution < -0.4 is 9.80 Å². The zero-order valence-electron chi connectivity index (χ0n) is 44.8. The Morgan fingerprint density at radius 2 is 0.775 bits per heavy atom. The molecule has 6 nitrogen and oxygen atoms in total. The van der Waals surface area contributed by atoms with Crippen LogP contribution in [0.3, 0.4) is 0 Å². The van der Waals surface area contributed by atoms with Gasteiger partial charge in [-0.05, 0) is 154 Å². The standard InChI is InChI=1S/C74H52N6/c1-73(2)58-34-20-18-32-52(58)54-41-56-68(43-60(54)73)79(65-38-22-36-63(71(56)65)77(48-24-10-6-11-25-48)49-26-12-7-13-27-49)67-45-62(76-5)70(40-47(67)46-75)80-66-39-23-37-64(78(50-28-14-8-15-29-50)51-30-16-9-17-31-51)72(66)57-42-55-53-33-19-21-35-59(53)74(3,4)61(55)44-69(57)80/h6-45H,1-4H3. The Kier molecular flexibility index (Phi) is 10.3. The number of fused-ring (bicyclic) bond motifs is 12. The van der Waals surface area contributed by atoms with Crippen LogP contribution in [0.25, 0.3) is 82.1 Å². The van der Waals surface area contributed by atoms with Crippen LogP contribution in [0, 0.1) is 17.9 Å². The van der Waals surface area contributed by atoms with Gasteiger partial charge >= 0.3 is 0 Å². The molecule has 0 radical (unpaired) electrons. The molecule has 6 heteroatoms. The maximum Gasteiger partial charge on any atom is 0.212 e. The largest absolute Gasteiger partial charge is 0.319 e. The SMILES string of the molecule is [C-]#[N+]c1cc(-n2c3cc4c(cc3c3c(N(c5ccccc5)c5ccccc5)cccc32)-c2ccccc2C4(C)C)c(C#N)cc1-n1c2cc3c(cc2c2c(N(c4ccccc4)c4ccccc4)cccc21)-c1ccccc1C3(C)C. The van der Waals surface area contributed by atoms with Gasteiger partial charge in [-0.15, -0.1) is 0 Å². The van der Waals surface area contributed by atoms with Gasteiger partial charge in [0, 0.05) is 55.1 Å². The number of benzene rings is 11. The zero-order chi connectivity index (χ0) is 54.0. The van der Waals surface area contributed by atoms with Crippen molar-refractivity contribution in [2.24, 2.45) is 0 Å². The molecule has 13 aromatic rings. The third-order valence-corrected chi connectivity index (χ3v) is 17.3. The number of hydrogen-bond acceptors (Lipinski definition) is 3. The lowest BCUT2D eigenvalue weighted by atomic mass is 9.82.